The van der Waals surface area contributed by atoms with Crippen LogP contribution in [0, 0.1) is 27.7 Å². The summed E-state index contributed by atoms with van der Waals surface area (Å²) in [5, 5.41) is 6.41. The average molecular weight is 378 g/mol. The lowest BCUT2D eigenvalue weighted by atomic mass is 10.1. The van der Waals surface area contributed by atoms with Crippen molar-refractivity contribution in [2.45, 2.75) is 27.7 Å². The van der Waals surface area contributed by atoms with E-state index in [0.717, 1.165) is 21.7 Å². The molecule has 3 rings (SSSR count). The smallest absolute Gasteiger partial charge is 0.258 e. The van der Waals surface area contributed by atoms with Crippen molar-refractivity contribution >= 4 is 33.8 Å². The molecule has 138 valence electrons. The van der Waals surface area contributed by atoms with Crippen LogP contribution in [0.25, 0.3) is 0 Å². The van der Waals surface area contributed by atoms with Crippen LogP contribution in [0.15, 0.2) is 48.5 Å². The van der Waals surface area contributed by atoms with Gasteiger partial charge in [0.1, 0.15) is 5.00 Å². The maximum Gasteiger partial charge on any atom is 0.258 e. The number of aryl methyl sites for hydroxylation is 3. The number of rotatable bonds is 4. The molecule has 27 heavy (non-hydrogen) atoms. The highest BCUT2D eigenvalue weighted by Crippen LogP contribution is 2.33. The highest BCUT2D eigenvalue weighted by atomic mass is 32.1. The fourth-order valence-electron chi connectivity index (χ4n) is 2.77. The van der Waals surface area contributed by atoms with Gasteiger partial charge < -0.3 is 10.6 Å². The van der Waals surface area contributed by atoms with Gasteiger partial charge in [0.25, 0.3) is 11.8 Å². The summed E-state index contributed by atoms with van der Waals surface area (Å²) < 4.78 is 0. The van der Waals surface area contributed by atoms with Gasteiger partial charge in [-0.1, -0.05) is 24.3 Å². The van der Waals surface area contributed by atoms with Crippen molar-refractivity contribution < 1.29 is 9.59 Å². The van der Waals surface area contributed by atoms with Gasteiger partial charge in [-0.15, -0.1) is 11.3 Å². The fourth-order valence-corrected chi connectivity index (χ4v) is 3.82. The van der Waals surface area contributed by atoms with E-state index in [1.165, 1.54) is 16.9 Å². The maximum atomic E-state index is 12.9. The van der Waals surface area contributed by atoms with Gasteiger partial charge in [-0.25, -0.2) is 0 Å². The molecule has 2 N–H and O–H groups in total. The molecule has 1 heterocycles. The minimum Gasteiger partial charge on any atom is -0.322 e. The molecule has 0 bridgehead atoms. The summed E-state index contributed by atoms with van der Waals surface area (Å²) in [5.74, 6) is -0.444. The summed E-state index contributed by atoms with van der Waals surface area (Å²) in [4.78, 5) is 26.4. The van der Waals surface area contributed by atoms with Crippen molar-refractivity contribution in [2.24, 2.45) is 0 Å². The number of hydrogen-bond donors (Lipinski definition) is 2. The number of carbonyl (C=O) groups is 2. The fraction of sp³-hybridized carbons (Fsp3) is 0.182. The van der Waals surface area contributed by atoms with Gasteiger partial charge in [-0.2, -0.15) is 0 Å². The molecule has 0 unspecified atom stereocenters. The topological polar surface area (TPSA) is 58.2 Å². The molecular formula is C22H22N2O2S. The molecule has 0 saturated carbocycles. The van der Waals surface area contributed by atoms with E-state index in [1.54, 1.807) is 12.1 Å². The van der Waals surface area contributed by atoms with Gasteiger partial charge in [0.15, 0.2) is 0 Å². The molecule has 0 aliphatic rings. The third-order valence-corrected chi connectivity index (χ3v) is 5.76. The summed E-state index contributed by atoms with van der Waals surface area (Å²) >= 11 is 1.42. The Morgan fingerprint density at radius 3 is 2.19 bits per heavy atom. The Balaban J connectivity index is 1.87. The number of anilines is 2. The van der Waals surface area contributed by atoms with Crippen molar-refractivity contribution in [1.82, 2.24) is 0 Å². The van der Waals surface area contributed by atoms with E-state index in [1.807, 2.05) is 64.1 Å². The van der Waals surface area contributed by atoms with Crippen LogP contribution in [0.5, 0.6) is 0 Å². The Bertz CT molecular complexity index is 1010. The SMILES string of the molecule is Cc1ccc(NC(=O)c2c(NC(=O)c3ccccc3)sc(C)c2C)cc1C. The molecule has 5 heteroatoms. The zero-order chi connectivity index (χ0) is 19.6. The van der Waals surface area contributed by atoms with E-state index >= 15 is 0 Å². The number of carbonyl (C=O) groups excluding carboxylic acids is 2. The molecule has 0 radical (unpaired) electrons. The van der Waals surface area contributed by atoms with Crippen molar-refractivity contribution in [3.05, 3.63) is 81.2 Å². The monoisotopic (exact) mass is 378 g/mol. The molecule has 3 aromatic rings. The number of thiophene rings is 1. The molecule has 0 aliphatic heterocycles. The Kier molecular flexibility index (Phi) is 5.42. The second-order valence-electron chi connectivity index (χ2n) is 6.56. The molecule has 0 fully saturated rings. The van der Waals surface area contributed by atoms with Crippen LogP contribution in [0.4, 0.5) is 10.7 Å². The minimum absolute atomic E-state index is 0.219. The molecule has 2 amide bonds. The number of nitrogens with one attached hydrogen (secondary N) is 2. The van der Waals surface area contributed by atoms with Crippen molar-refractivity contribution in [1.29, 1.82) is 0 Å². The standard InChI is InChI=1S/C22H22N2O2S/c1-13-10-11-18(12-14(13)2)23-21(26)19-15(3)16(4)27-22(19)24-20(25)17-8-6-5-7-9-17/h5-12H,1-4H3,(H,23,26)(H,24,25). The van der Waals surface area contributed by atoms with E-state index < -0.39 is 0 Å². The predicted molar refractivity (Wildman–Crippen MR) is 112 cm³/mol. The molecule has 1 aromatic heterocycles. The first-order chi connectivity index (χ1) is 12.9. The van der Waals surface area contributed by atoms with Gasteiger partial charge in [0.05, 0.1) is 5.56 Å². The normalized spacial score (nSPS) is 10.5. The Morgan fingerprint density at radius 1 is 0.815 bits per heavy atom. The molecule has 0 saturated heterocycles. The van der Waals surface area contributed by atoms with E-state index in [-0.39, 0.29) is 11.8 Å². The van der Waals surface area contributed by atoms with Crippen LogP contribution in [0.3, 0.4) is 0 Å². The highest BCUT2D eigenvalue weighted by Gasteiger charge is 2.21. The quantitative estimate of drug-likeness (QED) is 0.631. The minimum atomic E-state index is -0.225. The van der Waals surface area contributed by atoms with Gasteiger partial charge in [-0.3, -0.25) is 9.59 Å². The second kappa shape index (κ2) is 7.76. The maximum absolute atomic E-state index is 12.9. The van der Waals surface area contributed by atoms with Crippen molar-refractivity contribution in [2.75, 3.05) is 10.6 Å². The third-order valence-electron chi connectivity index (χ3n) is 4.64. The molecule has 0 atom stereocenters. The Hall–Kier alpha value is -2.92. The molecule has 0 aliphatic carbocycles. The third kappa shape index (κ3) is 4.09. The van der Waals surface area contributed by atoms with Crippen LogP contribution in [0.1, 0.15) is 42.3 Å². The molecular weight excluding hydrogens is 356 g/mol. The zero-order valence-electron chi connectivity index (χ0n) is 15.8. The van der Waals surface area contributed by atoms with Crippen LogP contribution in [-0.2, 0) is 0 Å². The van der Waals surface area contributed by atoms with Crippen molar-refractivity contribution in [3.8, 4) is 0 Å². The first-order valence-corrected chi connectivity index (χ1v) is 9.53. The summed E-state index contributed by atoms with van der Waals surface area (Å²) in [7, 11) is 0. The van der Waals surface area contributed by atoms with Crippen LogP contribution in [-0.4, -0.2) is 11.8 Å². The van der Waals surface area contributed by atoms with E-state index in [4.69, 9.17) is 0 Å². The summed E-state index contributed by atoms with van der Waals surface area (Å²) in [6.07, 6.45) is 0. The Labute approximate surface area is 163 Å². The van der Waals surface area contributed by atoms with Crippen LogP contribution < -0.4 is 10.6 Å². The van der Waals surface area contributed by atoms with E-state index in [2.05, 4.69) is 10.6 Å². The lowest BCUT2D eigenvalue weighted by Gasteiger charge is -2.10. The Morgan fingerprint density at radius 2 is 1.52 bits per heavy atom. The molecule has 2 aromatic carbocycles. The summed E-state index contributed by atoms with van der Waals surface area (Å²) in [6, 6.07) is 14.8. The van der Waals surface area contributed by atoms with Gasteiger partial charge in [-0.05, 0) is 68.7 Å². The van der Waals surface area contributed by atoms with Gasteiger partial charge in [0.2, 0.25) is 0 Å². The van der Waals surface area contributed by atoms with Gasteiger partial charge in [0, 0.05) is 16.1 Å². The zero-order valence-corrected chi connectivity index (χ0v) is 16.7. The summed E-state index contributed by atoms with van der Waals surface area (Å²) in [5.41, 5.74) is 4.98. The average Bonchev–Trinajstić information content (AvgIpc) is 2.92. The number of hydrogen-bond acceptors (Lipinski definition) is 3. The first-order valence-electron chi connectivity index (χ1n) is 8.72. The number of amides is 2. The lowest BCUT2D eigenvalue weighted by molar-refractivity contribution is 0.102. The van der Waals surface area contributed by atoms with Crippen molar-refractivity contribution in [3.63, 3.8) is 0 Å². The highest BCUT2D eigenvalue weighted by molar-refractivity contribution is 7.16. The largest absolute Gasteiger partial charge is 0.322 e. The van der Waals surface area contributed by atoms with E-state index in [9.17, 15) is 9.59 Å². The molecule has 4 nitrogen and oxygen atoms in total. The van der Waals surface area contributed by atoms with Crippen LogP contribution in [0.2, 0.25) is 0 Å². The summed E-state index contributed by atoms with van der Waals surface area (Å²) in [6.45, 7) is 7.89. The number of benzene rings is 2. The first kappa shape index (κ1) is 18.9. The van der Waals surface area contributed by atoms with Crippen LogP contribution >= 0.6 is 11.3 Å². The molecule has 0 spiro atoms. The van der Waals surface area contributed by atoms with Gasteiger partial charge >= 0.3 is 0 Å². The van der Waals surface area contributed by atoms with E-state index in [0.29, 0.717) is 16.1 Å². The second-order valence-corrected chi connectivity index (χ2v) is 7.79. The predicted octanol–water partition coefficient (Wildman–Crippen LogP) is 5.49. The lowest BCUT2D eigenvalue weighted by Crippen LogP contribution is -2.17.